The molecule has 0 aliphatic carbocycles. The van der Waals surface area contributed by atoms with Crippen LogP contribution in [0.2, 0.25) is 0 Å². The third kappa shape index (κ3) is 4.12. The summed E-state index contributed by atoms with van der Waals surface area (Å²) in [6, 6.07) is 15.2. The normalized spacial score (nSPS) is 10.8. The minimum Gasteiger partial charge on any atom is -0.463 e. The average Bonchev–Trinajstić information content (AvgIpc) is 3.43. The van der Waals surface area contributed by atoms with E-state index >= 15 is 0 Å². The van der Waals surface area contributed by atoms with Crippen molar-refractivity contribution in [3.8, 4) is 16.6 Å². The highest BCUT2D eigenvalue weighted by molar-refractivity contribution is 7.12. The van der Waals surface area contributed by atoms with Crippen molar-refractivity contribution in [3.05, 3.63) is 71.4 Å². The van der Waals surface area contributed by atoms with Gasteiger partial charge in [0.2, 0.25) is 5.13 Å². The molecule has 0 spiro atoms. The summed E-state index contributed by atoms with van der Waals surface area (Å²) in [5.41, 5.74) is 2.70. The van der Waals surface area contributed by atoms with Crippen molar-refractivity contribution in [2.45, 2.75) is 13.3 Å². The number of furan rings is 1. The minimum absolute atomic E-state index is 0.278. The molecule has 0 fully saturated rings. The highest BCUT2D eigenvalue weighted by Gasteiger charge is 2.15. The van der Waals surface area contributed by atoms with Gasteiger partial charge in [0.15, 0.2) is 5.76 Å². The van der Waals surface area contributed by atoms with Gasteiger partial charge < -0.3 is 9.73 Å². The van der Waals surface area contributed by atoms with Crippen molar-refractivity contribution in [2.24, 2.45) is 0 Å². The summed E-state index contributed by atoms with van der Waals surface area (Å²) < 4.78 is 7.01. The maximum Gasteiger partial charge on any atom is 0.320 e. The van der Waals surface area contributed by atoms with E-state index in [-0.39, 0.29) is 6.03 Å². The van der Waals surface area contributed by atoms with Gasteiger partial charge in [0.05, 0.1) is 12.0 Å². The van der Waals surface area contributed by atoms with Crippen molar-refractivity contribution >= 4 is 23.2 Å². The first-order chi connectivity index (χ1) is 13.7. The van der Waals surface area contributed by atoms with E-state index in [1.54, 1.807) is 10.9 Å². The van der Waals surface area contributed by atoms with Crippen molar-refractivity contribution in [1.29, 1.82) is 0 Å². The lowest BCUT2D eigenvalue weighted by Gasteiger charge is -2.08. The number of urea groups is 1. The fraction of sp³-hybridized carbons (Fsp3) is 0.150. The highest BCUT2D eigenvalue weighted by Crippen LogP contribution is 2.26. The van der Waals surface area contributed by atoms with E-state index in [2.05, 4.69) is 20.7 Å². The Morgan fingerprint density at radius 1 is 1.21 bits per heavy atom. The molecule has 7 nitrogen and oxygen atoms in total. The smallest absolute Gasteiger partial charge is 0.320 e. The first kappa shape index (κ1) is 18.0. The summed E-state index contributed by atoms with van der Waals surface area (Å²) in [7, 11) is 0. The third-order valence-corrected chi connectivity index (χ3v) is 4.88. The van der Waals surface area contributed by atoms with Gasteiger partial charge in [-0.2, -0.15) is 9.78 Å². The molecule has 0 aliphatic heterocycles. The highest BCUT2D eigenvalue weighted by atomic mass is 32.1. The van der Waals surface area contributed by atoms with Crippen LogP contribution in [0.4, 0.5) is 10.6 Å². The molecule has 0 saturated heterocycles. The zero-order valence-electron chi connectivity index (χ0n) is 15.3. The molecular formula is C20H19N5O2S. The predicted octanol–water partition coefficient (Wildman–Crippen LogP) is 4.26. The fourth-order valence-electron chi connectivity index (χ4n) is 2.76. The summed E-state index contributed by atoms with van der Waals surface area (Å²) in [5, 5.41) is 12.7. The lowest BCUT2D eigenvalue weighted by molar-refractivity contribution is 0.252. The molecule has 3 heterocycles. The van der Waals surface area contributed by atoms with Gasteiger partial charge in [0, 0.05) is 18.0 Å². The van der Waals surface area contributed by atoms with Crippen LogP contribution >= 0.6 is 11.3 Å². The average molecular weight is 393 g/mol. The molecule has 2 N–H and O–H groups in total. The fourth-order valence-corrected chi connectivity index (χ4v) is 3.53. The molecule has 0 bridgehead atoms. The SMILES string of the molecule is Cc1cc(NC(=O)NCCc2ccccc2)n(-c2nc(-c3ccco3)cs2)n1. The Morgan fingerprint density at radius 2 is 2.07 bits per heavy atom. The van der Waals surface area contributed by atoms with E-state index in [9.17, 15) is 4.79 Å². The number of benzene rings is 1. The van der Waals surface area contributed by atoms with Crippen molar-refractivity contribution in [2.75, 3.05) is 11.9 Å². The van der Waals surface area contributed by atoms with Crippen LogP contribution in [0, 0.1) is 6.92 Å². The molecule has 0 radical (unpaired) electrons. The number of carbonyl (C=O) groups excluding carboxylic acids is 1. The van der Waals surface area contributed by atoms with Crippen LogP contribution < -0.4 is 10.6 Å². The van der Waals surface area contributed by atoms with Gasteiger partial charge in [-0.05, 0) is 31.0 Å². The van der Waals surface area contributed by atoms with E-state index in [1.165, 1.54) is 16.9 Å². The maximum absolute atomic E-state index is 12.3. The number of aromatic nitrogens is 3. The van der Waals surface area contributed by atoms with Gasteiger partial charge in [0.1, 0.15) is 11.5 Å². The van der Waals surface area contributed by atoms with Crippen LogP contribution in [0.1, 0.15) is 11.3 Å². The molecular weight excluding hydrogens is 374 g/mol. The Labute approximate surface area is 166 Å². The van der Waals surface area contributed by atoms with E-state index < -0.39 is 0 Å². The van der Waals surface area contributed by atoms with E-state index in [1.807, 2.05) is 60.8 Å². The van der Waals surface area contributed by atoms with Gasteiger partial charge in [-0.3, -0.25) is 5.32 Å². The molecule has 3 aromatic heterocycles. The van der Waals surface area contributed by atoms with Gasteiger partial charge >= 0.3 is 6.03 Å². The molecule has 8 heteroatoms. The van der Waals surface area contributed by atoms with Gasteiger partial charge in [-0.1, -0.05) is 30.3 Å². The van der Waals surface area contributed by atoms with E-state index in [0.717, 1.165) is 17.8 Å². The number of thiazole rings is 1. The van der Waals surface area contributed by atoms with E-state index in [4.69, 9.17) is 4.42 Å². The Morgan fingerprint density at radius 3 is 2.86 bits per heavy atom. The summed E-state index contributed by atoms with van der Waals surface area (Å²) in [6.07, 6.45) is 2.38. The number of nitrogens with zero attached hydrogens (tertiary/aromatic N) is 3. The van der Waals surface area contributed by atoms with Crippen LogP contribution in [0.15, 0.2) is 64.6 Å². The molecule has 4 rings (SSSR count). The molecule has 28 heavy (non-hydrogen) atoms. The van der Waals surface area contributed by atoms with Crippen molar-refractivity contribution in [3.63, 3.8) is 0 Å². The lowest BCUT2D eigenvalue weighted by atomic mass is 10.1. The summed E-state index contributed by atoms with van der Waals surface area (Å²) in [5.74, 6) is 1.26. The zero-order chi connectivity index (χ0) is 19.3. The van der Waals surface area contributed by atoms with Crippen LogP contribution in [0.5, 0.6) is 0 Å². The summed E-state index contributed by atoms with van der Waals surface area (Å²) >= 11 is 1.43. The number of amides is 2. The van der Waals surface area contributed by atoms with Crippen LogP contribution in [0.3, 0.4) is 0 Å². The predicted molar refractivity (Wildman–Crippen MR) is 109 cm³/mol. The second-order valence-electron chi connectivity index (χ2n) is 6.19. The van der Waals surface area contributed by atoms with Crippen LogP contribution in [0.25, 0.3) is 16.6 Å². The number of carbonyl (C=O) groups is 1. The minimum atomic E-state index is -0.278. The van der Waals surface area contributed by atoms with Crippen molar-refractivity contribution in [1.82, 2.24) is 20.1 Å². The second-order valence-corrected chi connectivity index (χ2v) is 7.03. The molecule has 1 aromatic carbocycles. The van der Waals surface area contributed by atoms with Gasteiger partial charge in [0.25, 0.3) is 0 Å². The number of aryl methyl sites for hydroxylation is 1. The standard InChI is InChI=1S/C20H19N5O2S/c1-14-12-18(23-19(26)21-10-9-15-6-3-2-4-7-15)25(24-14)20-22-16(13-28-20)17-8-5-11-27-17/h2-8,11-13H,9-10H2,1H3,(H2,21,23,26). The number of rotatable bonds is 6. The number of hydrogen-bond donors (Lipinski definition) is 2. The largest absolute Gasteiger partial charge is 0.463 e. The van der Waals surface area contributed by atoms with Crippen LogP contribution in [-0.2, 0) is 6.42 Å². The number of nitrogens with one attached hydrogen (secondary N) is 2. The first-order valence-electron chi connectivity index (χ1n) is 8.84. The topological polar surface area (TPSA) is 85.0 Å². The Kier molecular flexibility index (Phi) is 5.20. The first-order valence-corrected chi connectivity index (χ1v) is 9.72. The number of anilines is 1. The Hall–Kier alpha value is -3.39. The quantitative estimate of drug-likeness (QED) is 0.512. The molecule has 0 aliphatic rings. The third-order valence-electron chi connectivity index (χ3n) is 4.06. The van der Waals surface area contributed by atoms with Crippen molar-refractivity contribution < 1.29 is 9.21 Å². The molecule has 0 saturated carbocycles. The maximum atomic E-state index is 12.3. The molecule has 0 atom stereocenters. The number of hydrogen-bond acceptors (Lipinski definition) is 5. The molecule has 2 amide bonds. The van der Waals surface area contributed by atoms with Gasteiger partial charge in [-0.15, -0.1) is 11.3 Å². The Balaban J connectivity index is 1.42. The molecule has 142 valence electrons. The van der Waals surface area contributed by atoms with Crippen LogP contribution in [-0.4, -0.2) is 27.3 Å². The summed E-state index contributed by atoms with van der Waals surface area (Å²) in [6.45, 7) is 2.42. The Bertz CT molecular complexity index is 1050. The molecule has 4 aromatic rings. The van der Waals surface area contributed by atoms with E-state index in [0.29, 0.717) is 23.3 Å². The zero-order valence-corrected chi connectivity index (χ0v) is 16.1. The second kappa shape index (κ2) is 8.10. The van der Waals surface area contributed by atoms with Gasteiger partial charge in [-0.25, -0.2) is 9.78 Å². The monoisotopic (exact) mass is 393 g/mol. The summed E-state index contributed by atoms with van der Waals surface area (Å²) in [4.78, 5) is 16.9. The molecule has 0 unspecified atom stereocenters. The lowest BCUT2D eigenvalue weighted by Crippen LogP contribution is -2.31.